The monoisotopic (exact) mass is 200 g/mol. The molecular weight excluding hydrogens is 180 g/mol. The summed E-state index contributed by atoms with van der Waals surface area (Å²) in [6.07, 6.45) is 3.40. The van der Waals surface area contributed by atoms with Gasteiger partial charge >= 0.3 is 5.97 Å². The van der Waals surface area contributed by atoms with Gasteiger partial charge in [-0.15, -0.1) is 0 Å². The van der Waals surface area contributed by atoms with Crippen LogP contribution in [0.25, 0.3) is 0 Å². The molecule has 0 bridgehead atoms. The van der Waals surface area contributed by atoms with Crippen LogP contribution in [-0.2, 0) is 4.79 Å². The number of carboxylic acid groups (broad SMARTS) is 1. The number of aliphatic carboxylic acids is 1. The fraction of sp³-hybridized carbons (Fsp3) is 0.900. The van der Waals surface area contributed by atoms with Crippen molar-refractivity contribution >= 4 is 5.97 Å². The summed E-state index contributed by atoms with van der Waals surface area (Å²) in [5, 5.41) is 8.72. The van der Waals surface area contributed by atoms with E-state index in [1.807, 2.05) is 14.1 Å². The Morgan fingerprint density at radius 2 is 2.00 bits per heavy atom. The molecule has 0 atom stereocenters. The first kappa shape index (κ1) is 11.5. The molecule has 0 heterocycles. The van der Waals surface area contributed by atoms with Gasteiger partial charge in [0, 0.05) is 12.6 Å². The predicted molar refractivity (Wildman–Crippen MR) is 55.4 cm³/mol. The zero-order chi connectivity index (χ0) is 10.6. The molecule has 82 valence electrons. The Morgan fingerprint density at radius 1 is 1.36 bits per heavy atom. The van der Waals surface area contributed by atoms with E-state index in [0.29, 0.717) is 6.04 Å². The Labute approximate surface area is 85.5 Å². The molecule has 4 nitrogen and oxygen atoms in total. The highest BCUT2D eigenvalue weighted by atomic mass is 16.4. The average Bonchev–Trinajstić information content (AvgIpc) is 2.83. The quantitative estimate of drug-likeness (QED) is 0.649. The fourth-order valence-electron chi connectivity index (χ4n) is 1.59. The van der Waals surface area contributed by atoms with Crippen molar-refractivity contribution in [2.24, 2.45) is 0 Å². The third-order valence-corrected chi connectivity index (χ3v) is 2.45. The molecule has 1 saturated carbocycles. The third-order valence-electron chi connectivity index (χ3n) is 2.45. The second-order valence-electron chi connectivity index (χ2n) is 4.25. The van der Waals surface area contributed by atoms with Crippen molar-refractivity contribution in [2.75, 3.05) is 33.7 Å². The van der Waals surface area contributed by atoms with E-state index >= 15 is 0 Å². The summed E-state index contributed by atoms with van der Waals surface area (Å²) in [4.78, 5) is 14.8. The summed E-state index contributed by atoms with van der Waals surface area (Å²) < 4.78 is 0. The number of hydrogen-bond donors (Lipinski definition) is 1. The predicted octanol–water partition coefficient (Wildman–Crippen LogP) is 0.487. The zero-order valence-corrected chi connectivity index (χ0v) is 9.07. The lowest BCUT2D eigenvalue weighted by molar-refractivity contribution is -0.138. The van der Waals surface area contributed by atoms with Gasteiger partial charge in [0.25, 0.3) is 0 Å². The summed E-state index contributed by atoms with van der Waals surface area (Å²) in [7, 11) is 4.08. The molecule has 1 aliphatic rings. The summed E-state index contributed by atoms with van der Waals surface area (Å²) in [5.74, 6) is -0.707. The van der Waals surface area contributed by atoms with Crippen molar-refractivity contribution in [3.63, 3.8) is 0 Å². The van der Waals surface area contributed by atoms with Gasteiger partial charge in [-0.3, -0.25) is 9.69 Å². The first-order chi connectivity index (χ1) is 6.59. The highest BCUT2D eigenvalue weighted by molar-refractivity contribution is 5.69. The van der Waals surface area contributed by atoms with E-state index in [-0.39, 0.29) is 6.54 Å². The number of carbonyl (C=O) groups is 1. The highest BCUT2D eigenvalue weighted by Gasteiger charge is 2.29. The van der Waals surface area contributed by atoms with E-state index in [1.54, 1.807) is 0 Å². The van der Waals surface area contributed by atoms with E-state index in [4.69, 9.17) is 5.11 Å². The third kappa shape index (κ3) is 4.58. The molecular formula is C10H20N2O2. The van der Waals surface area contributed by atoms with Crippen molar-refractivity contribution in [1.29, 1.82) is 0 Å². The molecule has 0 aromatic rings. The van der Waals surface area contributed by atoms with E-state index in [1.165, 1.54) is 12.8 Å². The van der Waals surface area contributed by atoms with Crippen molar-refractivity contribution in [3.8, 4) is 0 Å². The summed E-state index contributed by atoms with van der Waals surface area (Å²) >= 11 is 0. The molecule has 1 fully saturated rings. The SMILES string of the molecule is CN(C)CCCN(CC(=O)O)C1CC1. The van der Waals surface area contributed by atoms with Crippen LogP contribution in [0.1, 0.15) is 19.3 Å². The molecule has 0 amide bonds. The summed E-state index contributed by atoms with van der Waals surface area (Å²) in [6.45, 7) is 2.15. The lowest BCUT2D eigenvalue weighted by Gasteiger charge is -2.20. The van der Waals surface area contributed by atoms with Crippen molar-refractivity contribution in [3.05, 3.63) is 0 Å². The molecule has 1 N–H and O–H groups in total. The van der Waals surface area contributed by atoms with Gasteiger partial charge in [0.1, 0.15) is 0 Å². The molecule has 0 radical (unpaired) electrons. The van der Waals surface area contributed by atoms with Crippen LogP contribution in [0.3, 0.4) is 0 Å². The lowest BCUT2D eigenvalue weighted by atomic mass is 10.3. The second-order valence-corrected chi connectivity index (χ2v) is 4.25. The smallest absolute Gasteiger partial charge is 0.317 e. The van der Waals surface area contributed by atoms with Gasteiger partial charge in [0.15, 0.2) is 0 Å². The van der Waals surface area contributed by atoms with E-state index in [0.717, 1.165) is 19.5 Å². The van der Waals surface area contributed by atoms with Crippen LogP contribution in [0.5, 0.6) is 0 Å². The molecule has 1 rings (SSSR count). The normalized spacial score (nSPS) is 16.6. The Bertz CT molecular complexity index is 191. The molecule has 0 aromatic carbocycles. The molecule has 4 heteroatoms. The molecule has 0 aliphatic heterocycles. The second kappa shape index (κ2) is 5.32. The topological polar surface area (TPSA) is 43.8 Å². The van der Waals surface area contributed by atoms with Gasteiger partial charge in [-0.05, 0) is 39.9 Å². The van der Waals surface area contributed by atoms with Crippen LogP contribution in [0.4, 0.5) is 0 Å². The zero-order valence-electron chi connectivity index (χ0n) is 9.07. The number of hydrogen-bond acceptors (Lipinski definition) is 3. The average molecular weight is 200 g/mol. The van der Waals surface area contributed by atoms with Gasteiger partial charge in [-0.2, -0.15) is 0 Å². The number of carboxylic acids is 1. The van der Waals surface area contributed by atoms with Crippen LogP contribution < -0.4 is 0 Å². The highest BCUT2D eigenvalue weighted by Crippen LogP contribution is 2.26. The van der Waals surface area contributed by atoms with Crippen LogP contribution in [-0.4, -0.2) is 60.6 Å². The minimum atomic E-state index is -0.707. The van der Waals surface area contributed by atoms with Crippen LogP contribution >= 0.6 is 0 Å². The standard InChI is InChI=1S/C10H20N2O2/c1-11(2)6-3-7-12(8-10(13)14)9-4-5-9/h9H,3-8H2,1-2H3,(H,13,14). The van der Waals surface area contributed by atoms with Crippen molar-refractivity contribution in [2.45, 2.75) is 25.3 Å². The van der Waals surface area contributed by atoms with Crippen LogP contribution in [0, 0.1) is 0 Å². The molecule has 0 aromatic heterocycles. The minimum Gasteiger partial charge on any atom is -0.480 e. The minimum absolute atomic E-state index is 0.206. The molecule has 0 unspecified atom stereocenters. The van der Waals surface area contributed by atoms with E-state index in [9.17, 15) is 4.79 Å². The fourth-order valence-corrected chi connectivity index (χ4v) is 1.59. The van der Waals surface area contributed by atoms with Gasteiger partial charge in [0.2, 0.25) is 0 Å². The van der Waals surface area contributed by atoms with E-state index < -0.39 is 5.97 Å². The molecule has 0 saturated heterocycles. The van der Waals surface area contributed by atoms with Gasteiger partial charge in [0.05, 0.1) is 6.54 Å². The maximum atomic E-state index is 10.6. The summed E-state index contributed by atoms with van der Waals surface area (Å²) in [6, 6.07) is 0.549. The van der Waals surface area contributed by atoms with E-state index in [2.05, 4.69) is 9.80 Å². The summed E-state index contributed by atoms with van der Waals surface area (Å²) in [5.41, 5.74) is 0. The van der Waals surface area contributed by atoms with Gasteiger partial charge < -0.3 is 10.0 Å². The Morgan fingerprint density at radius 3 is 2.43 bits per heavy atom. The Kier molecular flexibility index (Phi) is 4.35. The Balaban J connectivity index is 2.18. The van der Waals surface area contributed by atoms with Crippen LogP contribution in [0.15, 0.2) is 0 Å². The van der Waals surface area contributed by atoms with Crippen molar-refractivity contribution < 1.29 is 9.90 Å². The Hall–Kier alpha value is -0.610. The molecule has 14 heavy (non-hydrogen) atoms. The largest absolute Gasteiger partial charge is 0.480 e. The van der Waals surface area contributed by atoms with Crippen molar-refractivity contribution in [1.82, 2.24) is 9.80 Å². The van der Waals surface area contributed by atoms with Crippen LogP contribution in [0.2, 0.25) is 0 Å². The number of rotatable bonds is 7. The van der Waals surface area contributed by atoms with Gasteiger partial charge in [-0.1, -0.05) is 0 Å². The molecule has 0 spiro atoms. The van der Waals surface area contributed by atoms with Gasteiger partial charge in [-0.25, -0.2) is 0 Å². The maximum absolute atomic E-state index is 10.6. The first-order valence-corrected chi connectivity index (χ1v) is 5.20. The molecule has 1 aliphatic carbocycles. The number of nitrogens with zero attached hydrogens (tertiary/aromatic N) is 2. The maximum Gasteiger partial charge on any atom is 0.317 e. The lowest BCUT2D eigenvalue weighted by Crippen LogP contribution is -2.34. The first-order valence-electron chi connectivity index (χ1n) is 5.20.